The van der Waals surface area contributed by atoms with Gasteiger partial charge in [-0.3, -0.25) is 0 Å². The van der Waals surface area contributed by atoms with Crippen molar-refractivity contribution in [3.05, 3.63) is 34.6 Å². The molecule has 130 valence electrons. The summed E-state index contributed by atoms with van der Waals surface area (Å²) in [6, 6.07) is 0. The fraction of sp³-hybridized carbons (Fsp3) is 0.600. The standard InChI is InChI=1S/C15H19F5O2Si/c1-21-23(3,22-2)9-6-4-8(5-7-9)10-11(16)13(18)15(20)14(19)12(10)17/h8-9H,4-7H2,1-3H3. The molecule has 0 amide bonds. The van der Waals surface area contributed by atoms with Gasteiger partial charge in [-0.05, 0) is 38.1 Å². The van der Waals surface area contributed by atoms with E-state index >= 15 is 0 Å². The molecule has 0 spiro atoms. The molecule has 1 fully saturated rings. The largest absolute Gasteiger partial charge is 0.398 e. The van der Waals surface area contributed by atoms with Crippen LogP contribution < -0.4 is 0 Å². The first kappa shape index (κ1) is 18.3. The Labute approximate surface area is 132 Å². The lowest BCUT2D eigenvalue weighted by Gasteiger charge is -2.37. The fourth-order valence-corrected chi connectivity index (χ4v) is 5.52. The third-order valence-electron chi connectivity index (χ3n) is 4.93. The van der Waals surface area contributed by atoms with Crippen molar-refractivity contribution in [2.24, 2.45) is 0 Å². The van der Waals surface area contributed by atoms with E-state index < -0.39 is 49.1 Å². The summed E-state index contributed by atoms with van der Waals surface area (Å²) in [5.74, 6) is -10.0. The van der Waals surface area contributed by atoms with Crippen LogP contribution in [0.15, 0.2) is 0 Å². The molecule has 0 saturated heterocycles. The second-order valence-corrected chi connectivity index (χ2v) is 9.62. The topological polar surface area (TPSA) is 18.5 Å². The summed E-state index contributed by atoms with van der Waals surface area (Å²) in [4.78, 5) is 0. The average Bonchev–Trinajstić information content (AvgIpc) is 2.58. The van der Waals surface area contributed by atoms with Crippen molar-refractivity contribution < 1.29 is 30.8 Å². The fourth-order valence-electron chi connectivity index (χ4n) is 3.30. The van der Waals surface area contributed by atoms with E-state index in [1.807, 2.05) is 6.55 Å². The highest BCUT2D eigenvalue weighted by atomic mass is 28.4. The van der Waals surface area contributed by atoms with Gasteiger partial charge in [-0.2, -0.15) is 0 Å². The zero-order valence-electron chi connectivity index (χ0n) is 13.2. The van der Waals surface area contributed by atoms with E-state index in [4.69, 9.17) is 8.85 Å². The Morgan fingerprint density at radius 1 is 0.739 bits per heavy atom. The second-order valence-electron chi connectivity index (χ2n) is 5.96. The van der Waals surface area contributed by atoms with Crippen LogP contribution in [-0.4, -0.2) is 22.8 Å². The average molecular weight is 354 g/mol. The zero-order chi connectivity index (χ0) is 17.4. The maximum absolute atomic E-state index is 13.9. The van der Waals surface area contributed by atoms with Gasteiger partial charge in [0.05, 0.1) is 0 Å². The molecular formula is C15H19F5O2Si. The van der Waals surface area contributed by atoms with E-state index in [-0.39, 0.29) is 5.54 Å². The molecule has 2 nitrogen and oxygen atoms in total. The van der Waals surface area contributed by atoms with Crippen LogP contribution in [0.1, 0.15) is 37.2 Å². The molecule has 2 rings (SSSR count). The van der Waals surface area contributed by atoms with Gasteiger partial charge >= 0.3 is 8.56 Å². The predicted octanol–water partition coefficient (Wildman–Crippen LogP) is 4.77. The zero-order valence-corrected chi connectivity index (χ0v) is 14.2. The SMILES string of the molecule is CO[Si](C)(OC)C1CCC(c2c(F)c(F)c(F)c(F)c2F)CC1. The molecule has 1 aliphatic carbocycles. The second kappa shape index (κ2) is 6.86. The van der Waals surface area contributed by atoms with Gasteiger partial charge in [-0.25, -0.2) is 22.0 Å². The Kier molecular flexibility index (Phi) is 5.47. The van der Waals surface area contributed by atoms with Crippen LogP contribution in [0.3, 0.4) is 0 Å². The number of benzene rings is 1. The molecule has 1 aromatic carbocycles. The van der Waals surface area contributed by atoms with Gasteiger partial charge in [-0.15, -0.1) is 0 Å². The smallest absolute Gasteiger partial charge is 0.337 e. The van der Waals surface area contributed by atoms with Crippen molar-refractivity contribution in [2.75, 3.05) is 14.2 Å². The van der Waals surface area contributed by atoms with Crippen LogP contribution >= 0.6 is 0 Å². The van der Waals surface area contributed by atoms with Crippen molar-refractivity contribution in [2.45, 2.75) is 43.7 Å². The first-order valence-electron chi connectivity index (χ1n) is 7.38. The van der Waals surface area contributed by atoms with Crippen molar-refractivity contribution in [1.82, 2.24) is 0 Å². The molecule has 1 aromatic rings. The maximum atomic E-state index is 13.9. The lowest BCUT2D eigenvalue weighted by molar-refractivity contribution is 0.220. The Morgan fingerprint density at radius 3 is 1.52 bits per heavy atom. The maximum Gasteiger partial charge on any atom is 0.337 e. The Balaban J connectivity index is 2.25. The number of rotatable bonds is 4. The van der Waals surface area contributed by atoms with Gasteiger partial charge in [0.2, 0.25) is 5.82 Å². The van der Waals surface area contributed by atoms with E-state index in [2.05, 4.69) is 0 Å². The van der Waals surface area contributed by atoms with Crippen molar-refractivity contribution in [1.29, 1.82) is 0 Å². The van der Waals surface area contributed by atoms with E-state index in [0.717, 1.165) is 0 Å². The first-order chi connectivity index (χ1) is 10.8. The minimum atomic E-state index is -2.38. The molecule has 0 aromatic heterocycles. The molecule has 0 heterocycles. The summed E-state index contributed by atoms with van der Waals surface area (Å²) in [7, 11) is 0.742. The van der Waals surface area contributed by atoms with Gasteiger partial charge in [-0.1, -0.05) is 0 Å². The van der Waals surface area contributed by atoms with Crippen LogP contribution in [0.4, 0.5) is 22.0 Å². The highest BCUT2D eigenvalue weighted by Gasteiger charge is 2.42. The summed E-state index contributed by atoms with van der Waals surface area (Å²) in [6.45, 7) is 1.90. The highest BCUT2D eigenvalue weighted by molar-refractivity contribution is 6.67. The van der Waals surface area contributed by atoms with E-state index in [0.29, 0.717) is 25.7 Å². The molecule has 0 unspecified atom stereocenters. The lowest BCUT2D eigenvalue weighted by Crippen LogP contribution is -2.43. The van der Waals surface area contributed by atoms with Crippen LogP contribution in [-0.2, 0) is 8.85 Å². The third-order valence-corrected chi connectivity index (χ3v) is 8.61. The minimum absolute atomic E-state index is 0.120. The Morgan fingerprint density at radius 2 is 1.13 bits per heavy atom. The number of halogens is 5. The Hall–Kier alpha value is -0.993. The molecule has 0 aliphatic heterocycles. The van der Waals surface area contributed by atoms with Crippen LogP contribution in [0.2, 0.25) is 12.1 Å². The molecule has 0 N–H and O–H groups in total. The predicted molar refractivity (Wildman–Crippen MR) is 76.8 cm³/mol. The summed E-state index contributed by atoms with van der Waals surface area (Å²) < 4.78 is 78.5. The first-order valence-corrected chi connectivity index (χ1v) is 9.77. The van der Waals surface area contributed by atoms with Gasteiger partial charge < -0.3 is 8.85 Å². The van der Waals surface area contributed by atoms with Gasteiger partial charge in [0.15, 0.2) is 23.3 Å². The van der Waals surface area contributed by atoms with E-state index in [9.17, 15) is 22.0 Å². The summed E-state index contributed by atoms with van der Waals surface area (Å²) in [5.41, 5.74) is -0.576. The molecule has 8 heteroatoms. The van der Waals surface area contributed by atoms with Crippen LogP contribution in [0, 0.1) is 29.1 Å². The number of hydrogen-bond donors (Lipinski definition) is 0. The third kappa shape index (κ3) is 3.16. The van der Waals surface area contributed by atoms with Crippen LogP contribution in [0.5, 0.6) is 0 Å². The lowest BCUT2D eigenvalue weighted by atomic mass is 9.83. The monoisotopic (exact) mass is 354 g/mol. The minimum Gasteiger partial charge on any atom is -0.398 e. The van der Waals surface area contributed by atoms with Crippen molar-refractivity contribution >= 4 is 8.56 Å². The van der Waals surface area contributed by atoms with E-state index in [1.165, 1.54) is 0 Å². The summed E-state index contributed by atoms with van der Waals surface area (Å²) in [5, 5.41) is 0. The van der Waals surface area contributed by atoms with Gasteiger partial charge in [0, 0.05) is 25.3 Å². The molecule has 1 aliphatic rings. The Bertz CT molecular complexity index is 555. The normalized spacial score (nSPS) is 22.4. The molecule has 23 heavy (non-hydrogen) atoms. The summed E-state index contributed by atoms with van der Waals surface area (Å²) in [6.07, 6.45) is 1.79. The van der Waals surface area contributed by atoms with Gasteiger partial charge in [0.25, 0.3) is 0 Å². The molecule has 0 radical (unpaired) electrons. The summed E-state index contributed by atoms with van der Waals surface area (Å²) >= 11 is 0. The molecular weight excluding hydrogens is 335 g/mol. The molecule has 1 saturated carbocycles. The highest BCUT2D eigenvalue weighted by Crippen LogP contribution is 2.45. The van der Waals surface area contributed by atoms with Gasteiger partial charge in [0.1, 0.15) is 0 Å². The quantitative estimate of drug-likeness (QED) is 0.335. The number of hydrogen-bond acceptors (Lipinski definition) is 2. The molecule has 0 atom stereocenters. The van der Waals surface area contributed by atoms with Crippen molar-refractivity contribution in [3.8, 4) is 0 Å². The molecule has 0 bridgehead atoms. The van der Waals surface area contributed by atoms with Crippen molar-refractivity contribution in [3.63, 3.8) is 0 Å². The van der Waals surface area contributed by atoms with Crippen LogP contribution in [0.25, 0.3) is 0 Å². The van der Waals surface area contributed by atoms with E-state index in [1.54, 1.807) is 14.2 Å².